The quantitative estimate of drug-likeness (QED) is 0.705. The molecular formula is C21H23F2N5O3. The summed E-state index contributed by atoms with van der Waals surface area (Å²) in [6, 6.07) is 5.03. The Kier molecular flexibility index (Phi) is 6.38. The molecule has 1 aromatic heterocycles. The molecule has 2 aromatic rings. The number of carbonyl (C=O) groups is 1. The van der Waals surface area contributed by atoms with E-state index < -0.39 is 24.5 Å². The lowest BCUT2D eigenvalue weighted by molar-refractivity contribution is 0.0807. The Balaban J connectivity index is 2.30. The Labute approximate surface area is 178 Å². The minimum absolute atomic E-state index is 0.00835. The standard InChI is InChI=1S/C21H23F2N5O3/c1-26-15-10-28(2)21(29)13-5-4-12(23)7-14(13)17(8-22)31-16-6-11(9-27-19(16)24)18(15)20(25)30-3/h4-7,9,17H,8,10,25H2,1-3H3,(H2,24,27). The number of anilines is 1. The van der Waals surface area contributed by atoms with Crippen molar-refractivity contribution in [3.05, 3.63) is 58.9 Å². The first kappa shape index (κ1) is 22.0. The van der Waals surface area contributed by atoms with Gasteiger partial charge in [0.15, 0.2) is 23.6 Å². The van der Waals surface area contributed by atoms with Crippen molar-refractivity contribution in [2.24, 2.45) is 10.7 Å². The fraction of sp³-hybridized carbons (Fsp3) is 0.286. The number of rotatable bonds is 2. The molecule has 0 saturated carbocycles. The van der Waals surface area contributed by atoms with Crippen LogP contribution in [0.15, 0.2) is 41.3 Å². The zero-order chi connectivity index (χ0) is 22.7. The van der Waals surface area contributed by atoms with E-state index in [0.717, 1.165) is 12.1 Å². The fourth-order valence-electron chi connectivity index (χ4n) is 3.33. The average molecular weight is 431 g/mol. The van der Waals surface area contributed by atoms with E-state index in [4.69, 9.17) is 20.9 Å². The molecule has 0 aliphatic carbocycles. The van der Waals surface area contributed by atoms with Crippen LogP contribution < -0.4 is 16.2 Å². The number of ether oxygens (including phenoxy) is 2. The van der Waals surface area contributed by atoms with E-state index in [9.17, 15) is 13.6 Å². The topological polar surface area (TPSA) is 116 Å². The number of alkyl halides is 1. The molecule has 1 aliphatic rings. The number of nitrogens with two attached hydrogens (primary N) is 2. The molecule has 10 heteroatoms. The molecule has 1 aromatic carbocycles. The number of fused-ring (bicyclic) bond motifs is 3. The predicted octanol–water partition coefficient (Wildman–Crippen LogP) is 2.32. The van der Waals surface area contributed by atoms with Crippen molar-refractivity contribution in [3.63, 3.8) is 0 Å². The minimum Gasteiger partial charge on any atom is -0.482 e. The summed E-state index contributed by atoms with van der Waals surface area (Å²) in [7, 11) is 4.49. The first-order valence-electron chi connectivity index (χ1n) is 9.33. The Morgan fingerprint density at radius 2 is 2.16 bits per heavy atom. The van der Waals surface area contributed by atoms with Crippen LogP contribution in [0.2, 0.25) is 0 Å². The maximum absolute atomic E-state index is 14.0. The summed E-state index contributed by atoms with van der Waals surface area (Å²) < 4.78 is 39.0. The van der Waals surface area contributed by atoms with E-state index >= 15 is 0 Å². The molecule has 0 saturated heterocycles. The number of hydrogen-bond donors (Lipinski definition) is 2. The maximum atomic E-state index is 14.0. The van der Waals surface area contributed by atoms with Crippen LogP contribution in [0.4, 0.5) is 14.6 Å². The molecule has 1 aliphatic heterocycles. The second kappa shape index (κ2) is 8.99. The predicted molar refractivity (Wildman–Crippen MR) is 113 cm³/mol. The molecule has 4 N–H and O–H groups in total. The van der Waals surface area contributed by atoms with Gasteiger partial charge in [0.05, 0.1) is 24.9 Å². The molecule has 164 valence electrons. The third-order valence-electron chi connectivity index (χ3n) is 4.93. The molecule has 3 rings (SSSR count). The molecule has 2 heterocycles. The van der Waals surface area contributed by atoms with E-state index in [1.54, 1.807) is 14.1 Å². The highest BCUT2D eigenvalue weighted by atomic mass is 19.1. The number of aliphatic imine (C=N–C) groups is 1. The van der Waals surface area contributed by atoms with Crippen molar-refractivity contribution in [2.45, 2.75) is 6.10 Å². The van der Waals surface area contributed by atoms with Crippen LogP contribution in [0.25, 0.3) is 5.57 Å². The third kappa shape index (κ3) is 4.27. The Morgan fingerprint density at radius 3 is 2.81 bits per heavy atom. The van der Waals surface area contributed by atoms with Crippen LogP contribution in [0.1, 0.15) is 27.6 Å². The molecular weight excluding hydrogens is 408 g/mol. The van der Waals surface area contributed by atoms with Gasteiger partial charge >= 0.3 is 0 Å². The summed E-state index contributed by atoms with van der Waals surface area (Å²) in [5.74, 6) is -1.01. The largest absolute Gasteiger partial charge is 0.482 e. The van der Waals surface area contributed by atoms with Crippen molar-refractivity contribution in [1.82, 2.24) is 9.88 Å². The molecule has 0 fully saturated rings. The first-order chi connectivity index (χ1) is 14.8. The summed E-state index contributed by atoms with van der Waals surface area (Å²) in [5, 5.41) is 0. The highest BCUT2D eigenvalue weighted by molar-refractivity contribution is 6.26. The summed E-state index contributed by atoms with van der Waals surface area (Å²) in [6.07, 6.45) is 0.161. The van der Waals surface area contributed by atoms with Crippen LogP contribution in [-0.2, 0) is 4.74 Å². The van der Waals surface area contributed by atoms with Gasteiger partial charge in [-0.25, -0.2) is 13.8 Å². The van der Waals surface area contributed by atoms with Crippen LogP contribution in [0.5, 0.6) is 5.75 Å². The van der Waals surface area contributed by atoms with E-state index in [1.165, 1.54) is 30.3 Å². The van der Waals surface area contributed by atoms with Crippen LogP contribution in [0.3, 0.4) is 0 Å². The number of benzene rings is 1. The maximum Gasteiger partial charge on any atom is 0.254 e. The van der Waals surface area contributed by atoms with Gasteiger partial charge in [0, 0.05) is 37.0 Å². The Bertz CT molecular complexity index is 1070. The second-order valence-corrected chi connectivity index (χ2v) is 6.87. The van der Waals surface area contributed by atoms with E-state index in [0.29, 0.717) is 16.8 Å². The van der Waals surface area contributed by atoms with Gasteiger partial charge in [-0.3, -0.25) is 9.79 Å². The summed E-state index contributed by atoms with van der Waals surface area (Å²) in [5.41, 5.74) is 13.4. The second-order valence-electron chi connectivity index (χ2n) is 6.87. The zero-order valence-corrected chi connectivity index (χ0v) is 17.4. The zero-order valence-electron chi connectivity index (χ0n) is 17.4. The molecule has 0 spiro atoms. The SMILES string of the molecule is CN=C1CN(C)C(=O)c2ccc(F)cc2C(CF)Oc2cc(cnc2N)C1=C(N)OC. The van der Waals surface area contributed by atoms with E-state index in [2.05, 4.69) is 9.98 Å². The number of nitrogen functional groups attached to an aromatic ring is 1. The average Bonchev–Trinajstić information content (AvgIpc) is 2.77. The van der Waals surface area contributed by atoms with Gasteiger partial charge < -0.3 is 25.8 Å². The molecule has 31 heavy (non-hydrogen) atoms. The number of amides is 1. The van der Waals surface area contributed by atoms with Gasteiger partial charge in [0.25, 0.3) is 5.91 Å². The van der Waals surface area contributed by atoms with Crippen molar-refractivity contribution >= 4 is 23.0 Å². The lowest BCUT2D eigenvalue weighted by Gasteiger charge is -2.26. The van der Waals surface area contributed by atoms with E-state index in [1.807, 2.05) is 0 Å². The molecule has 8 nitrogen and oxygen atoms in total. The van der Waals surface area contributed by atoms with Gasteiger partial charge in [0.2, 0.25) is 0 Å². The summed E-state index contributed by atoms with van der Waals surface area (Å²) >= 11 is 0. The van der Waals surface area contributed by atoms with Crippen molar-refractivity contribution < 1.29 is 23.0 Å². The lowest BCUT2D eigenvalue weighted by atomic mass is 9.99. The number of nitrogens with zero attached hydrogens (tertiary/aromatic N) is 3. The molecule has 1 amide bonds. The summed E-state index contributed by atoms with van der Waals surface area (Å²) in [6.45, 7) is -0.978. The van der Waals surface area contributed by atoms with E-state index in [-0.39, 0.29) is 35.1 Å². The molecule has 1 atom stereocenters. The van der Waals surface area contributed by atoms with Gasteiger partial charge in [-0.15, -0.1) is 0 Å². The van der Waals surface area contributed by atoms with Crippen molar-refractivity contribution in [1.29, 1.82) is 0 Å². The monoisotopic (exact) mass is 431 g/mol. The highest BCUT2D eigenvalue weighted by Crippen LogP contribution is 2.33. The van der Waals surface area contributed by atoms with Gasteiger partial charge in [-0.1, -0.05) is 0 Å². The molecule has 1 unspecified atom stereocenters. The Hall–Kier alpha value is -3.69. The molecule has 2 bridgehead atoms. The lowest BCUT2D eigenvalue weighted by Crippen LogP contribution is -2.34. The third-order valence-corrected chi connectivity index (χ3v) is 4.93. The first-order valence-corrected chi connectivity index (χ1v) is 9.33. The van der Waals surface area contributed by atoms with Crippen LogP contribution >= 0.6 is 0 Å². The van der Waals surface area contributed by atoms with Gasteiger partial charge in [0.1, 0.15) is 12.5 Å². The van der Waals surface area contributed by atoms with Gasteiger partial charge in [-0.05, 0) is 24.3 Å². The minimum atomic E-state index is -1.28. The Morgan fingerprint density at radius 1 is 1.42 bits per heavy atom. The van der Waals surface area contributed by atoms with Crippen molar-refractivity contribution in [2.75, 3.05) is 40.2 Å². The normalized spacial score (nSPS) is 19.8. The van der Waals surface area contributed by atoms with Crippen LogP contribution in [-0.4, -0.2) is 55.9 Å². The number of aromatic nitrogens is 1. The number of hydrogen-bond acceptors (Lipinski definition) is 7. The number of pyridine rings is 1. The van der Waals surface area contributed by atoms with Gasteiger partial charge in [-0.2, -0.15) is 0 Å². The van der Waals surface area contributed by atoms with Crippen LogP contribution in [0, 0.1) is 5.82 Å². The smallest absolute Gasteiger partial charge is 0.254 e. The number of methoxy groups -OCH3 is 1. The molecule has 0 radical (unpaired) electrons. The summed E-state index contributed by atoms with van der Waals surface area (Å²) in [4.78, 5) is 22.9. The fourth-order valence-corrected chi connectivity index (χ4v) is 3.33. The van der Waals surface area contributed by atoms with Crippen molar-refractivity contribution in [3.8, 4) is 5.75 Å². The number of halogens is 2. The number of carbonyl (C=O) groups excluding carboxylic acids is 1. The highest BCUT2D eigenvalue weighted by Gasteiger charge is 2.28.